The molecule has 8 nitrogen and oxygen atoms in total. The summed E-state index contributed by atoms with van der Waals surface area (Å²) in [5.41, 5.74) is 5.77. The molecule has 0 radical (unpaired) electrons. The second-order valence-electron chi connectivity index (χ2n) is 4.86. The number of hydrogen-bond acceptors (Lipinski definition) is 6. The maximum absolute atomic E-state index is 11.8. The third kappa shape index (κ3) is 3.74. The summed E-state index contributed by atoms with van der Waals surface area (Å²) < 4.78 is 35.2. The van der Waals surface area contributed by atoms with Crippen molar-refractivity contribution in [2.75, 3.05) is 27.3 Å². The first-order chi connectivity index (χ1) is 9.91. The normalized spacial score (nSPS) is 20.1. The first-order valence-corrected chi connectivity index (χ1v) is 7.89. The molecule has 2 heterocycles. The highest BCUT2D eigenvalue weighted by Gasteiger charge is 2.22. The summed E-state index contributed by atoms with van der Waals surface area (Å²) in [5, 5.41) is 3.67. The lowest BCUT2D eigenvalue weighted by Gasteiger charge is -2.08. The van der Waals surface area contributed by atoms with E-state index in [1.165, 1.54) is 26.2 Å². The minimum absolute atomic E-state index is 0.0111. The number of sulfonamides is 1. The van der Waals surface area contributed by atoms with E-state index >= 15 is 0 Å². The monoisotopic (exact) mass is 317 g/mol. The first-order valence-electron chi connectivity index (χ1n) is 6.45. The molecule has 1 aromatic heterocycles. The van der Waals surface area contributed by atoms with Crippen LogP contribution in [-0.4, -0.2) is 45.9 Å². The van der Waals surface area contributed by atoms with Crippen molar-refractivity contribution >= 4 is 15.9 Å². The smallest absolute Gasteiger partial charge is 0.275 e. The van der Waals surface area contributed by atoms with Gasteiger partial charge >= 0.3 is 0 Å². The predicted molar refractivity (Wildman–Crippen MR) is 74.9 cm³/mol. The quantitative estimate of drug-likeness (QED) is 0.461. The maximum Gasteiger partial charge on any atom is 0.275 e. The molecule has 0 aliphatic carbocycles. The summed E-state index contributed by atoms with van der Waals surface area (Å²) in [7, 11) is -0.710. The van der Waals surface area contributed by atoms with Crippen molar-refractivity contribution in [3.8, 4) is 0 Å². The van der Waals surface area contributed by atoms with E-state index in [1.807, 2.05) is 0 Å². The van der Waals surface area contributed by atoms with Crippen molar-refractivity contribution in [1.29, 1.82) is 0 Å². The molecule has 1 aromatic rings. The van der Waals surface area contributed by atoms with Gasteiger partial charge in [-0.05, 0) is 18.6 Å². The van der Waals surface area contributed by atoms with Gasteiger partial charge in [0.05, 0.1) is 6.61 Å². The fraction of sp³-hybridized carbons (Fsp3) is 0.583. The molecule has 0 unspecified atom stereocenters. The molecular weight excluding hydrogens is 298 g/mol. The Hall–Kier alpha value is -1.58. The highest BCUT2D eigenvalue weighted by Crippen LogP contribution is 2.18. The lowest BCUT2D eigenvalue weighted by molar-refractivity contribution is 0.109. The molecule has 2 N–H and O–H groups in total. The molecular formula is C12H19N3O5S. The predicted octanol–water partition coefficient (Wildman–Crippen LogP) is 0.355. The Labute approximate surface area is 123 Å². The lowest BCUT2D eigenvalue weighted by atomic mass is 10.1. The molecule has 1 saturated heterocycles. The van der Waals surface area contributed by atoms with E-state index in [1.54, 1.807) is 0 Å². The zero-order chi connectivity index (χ0) is 15.5. The van der Waals surface area contributed by atoms with E-state index in [0.717, 1.165) is 10.7 Å². The molecule has 0 bridgehead atoms. The Bertz CT molecular complexity index is 602. The summed E-state index contributed by atoms with van der Waals surface area (Å²) in [6, 6.07) is 2.91. The number of oxime groups is 1. The second-order valence-corrected chi connectivity index (χ2v) is 6.94. The number of ether oxygens (including phenoxy) is 1. The Morgan fingerprint density at radius 3 is 2.90 bits per heavy atom. The Morgan fingerprint density at radius 1 is 1.52 bits per heavy atom. The van der Waals surface area contributed by atoms with Crippen molar-refractivity contribution < 1.29 is 22.4 Å². The lowest BCUT2D eigenvalue weighted by Crippen LogP contribution is -2.24. The largest absolute Gasteiger partial charge is 0.444 e. The van der Waals surface area contributed by atoms with Crippen LogP contribution in [-0.2, 0) is 26.2 Å². The van der Waals surface area contributed by atoms with Crippen LogP contribution in [0.25, 0.3) is 0 Å². The number of rotatable bonds is 6. The molecule has 21 heavy (non-hydrogen) atoms. The van der Waals surface area contributed by atoms with Gasteiger partial charge in [0.2, 0.25) is 5.09 Å². The molecule has 0 amide bonds. The van der Waals surface area contributed by atoms with E-state index in [2.05, 4.69) is 5.16 Å². The molecule has 0 saturated carbocycles. The first kappa shape index (κ1) is 15.8. The SMILES string of the molecule is CN(C)S(=O)(=O)c1ccc(CO/N=C(\N)[C@@H]2CCOC2)o1. The Kier molecular flexibility index (Phi) is 4.86. The molecule has 1 fully saturated rings. The summed E-state index contributed by atoms with van der Waals surface area (Å²) in [5.74, 6) is 0.807. The standard InChI is InChI=1S/C12H19N3O5S/c1-15(2)21(16,17)11-4-3-10(20-11)8-19-14-12(13)9-5-6-18-7-9/h3-4,9H,5-8H2,1-2H3,(H2,13,14)/t9-/m1/s1. The summed E-state index contributed by atoms with van der Waals surface area (Å²) >= 11 is 0. The van der Waals surface area contributed by atoms with Crippen LogP contribution in [0.1, 0.15) is 12.2 Å². The van der Waals surface area contributed by atoms with Gasteiger partial charge in [0.15, 0.2) is 6.61 Å². The van der Waals surface area contributed by atoms with Crippen LogP contribution in [0.3, 0.4) is 0 Å². The van der Waals surface area contributed by atoms with Gasteiger partial charge in [-0.15, -0.1) is 0 Å². The highest BCUT2D eigenvalue weighted by molar-refractivity contribution is 7.88. The molecule has 1 atom stereocenters. The molecule has 0 spiro atoms. The van der Waals surface area contributed by atoms with Gasteiger partial charge in [0.1, 0.15) is 11.6 Å². The van der Waals surface area contributed by atoms with Crippen molar-refractivity contribution in [1.82, 2.24) is 4.31 Å². The van der Waals surface area contributed by atoms with Gasteiger partial charge in [-0.3, -0.25) is 0 Å². The van der Waals surface area contributed by atoms with Gasteiger partial charge in [-0.25, -0.2) is 12.7 Å². The van der Waals surface area contributed by atoms with E-state index in [-0.39, 0.29) is 17.6 Å². The minimum Gasteiger partial charge on any atom is -0.444 e. The third-order valence-electron chi connectivity index (χ3n) is 3.10. The van der Waals surface area contributed by atoms with Crippen molar-refractivity contribution in [2.45, 2.75) is 18.1 Å². The Morgan fingerprint density at radius 2 is 2.29 bits per heavy atom. The van der Waals surface area contributed by atoms with Crippen LogP contribution in [0.5, 0.6) is 0 Å². The number of hydrogen-bond donors (Lipinski definition) is 1. The topological polar surface area (TPSA) is 107 Å². The van der Waals surface area contributed by atoms with Crippen LogP contribution in [0.2, 0.25) is 0 Å². The minimum atomic E-state index is -3.58. The molecule has 1 aliphatic heterocycles. The zero-order valence-corrected chi connectivity index (χ0v) is 12.8. The van der Waals surface area contributed by atoms with Gasteiger partial charge in [-0.2, -0.15) is 0 Å². The average Bonchev–Trinajstić information content (AvgIpc) is 3.10. The van der Waals surface area contributed by atoms with E-state index in [0.29, 0.717) is 24.8 Å². The maximum atomic E-state index is 11.8. The summed E-state index contributed by atoms with van der Waals surface area (Å²) in [4.78, 5) is 5.09. The van der Waals surface area contributed by atoms with E-state index in [9.17, 15) is 8.42 Å². The summed E-state index contributed by atoms with van der Waals surface area (Å²) in [6.45, 7) is 1.23. The highest BCUT2D eigenvalue weighted by atomic mass is 32.2. The number of amidine groups is 1. The van der Waals surface area contributed by atoms with Gasteiger partial charge < -0.3 is 19.7 Å². The molecule has 2 rings (SSSR count). The number of furan rings is 1. The molecule has 118 valence electrons. The number of nitrogens with two attached hydrogens (primary N) is 1. The van der Waals surface area contributed by atoms with Crippen LogP contribution >= 0.6 is 0 Å². The average molecular weight is 317 g/mol. The zero-order valence-electron chi connectivity index (χ0n) is 12.0. The van der Waals surface area contributed by atoms with Crippen molar-refractivity contribution in [3.63, 3.8) is 0 Å². The fourth-order valence-corrected chi connectivity index (χ4v) is 2.58. The number of nitrogens with zero attached hydrogens (tertiary/aromatic N) is 2. The van der Waals surface area contributed by atoms with Crippen molar-refractivity contribution in [2.24, 2.45) is 16.8 Å². The summed E-state index contributed by atoms with van der Waals surface area (Å²) in [6.07, 6.45) is 0.824. The van der Waals surface area contributed by atoms with Crippen LogP contribution in [0, 0.1) is 5.92 Å². The fourth-order valence-electron chi connectivity index (χ4n) is 1.77. The van der Waals surface area contributed by atoms with Crippen LogP contribution in [0.4, 0.5) is 0 Å². The Balaban J connectivity index is 1.93. The van der Waals surface area contributed by atoms with Crippen molar-refractivity contribution in [3.05, 3.63) is 17.9 Å². The third-order valence-corrected chi connectivity index (χ3v) is 4.79. The van der Waals surface area contributed by atoms with E-state index < -0.39 is 10.0 Å². The van der Waals surface area contributed by atoms with Gasteiger partial charge in [-0.1, -0.05) is 5.16 Å². The van der Waals surface area contributed by atoms with Crippen LogP contribution < -0.4 is 5.73 Å². The van der Waals surface area contributed by atoms with Gasteiger partial charge in [0, 0.05) is 26.6 Å². The molecule has 1 aliphatic rings. The van der Waals surface area contributed by atoms with Crippen LogP contribution in [0.15, 0.2) is 26.8 Å². The second kappa shape index (κ2) is 6.46. The van der Waals surface area contributed by atoms with Gasteiger partial charge in [0.25, 0.3) is 10.0 Å². The molecule has 9 heteroatoms. The molecule has 0 aromatic carbocycles. The van der Waals surface area contributed by atoms with E-state index in [4.69, 9.17) is 19.7 Å².